The third kappa shape index (κ3) is 5.01. The summed E-state index contributed by atoms with van der Waals surface area (Å²) >= 11 is 0. The molecular formula is C15H22N2O2. The van der Waals surface area contributed by atoms with Gasteiger partial charge in [-0.3, -0.25) is 14.5 Å². The summed E-state index contributed by atoms with van der Waals surface area (Å²) in [6, 6.07) is 9.81. The molecule has 0 aromatic heterocycles. The van der Waals surface area contributed by atoms with Crippen molar-refractivity contribution in [2.75, 3.05) is 19.6 Å². The SMILES string of the molecule is C[C@@H]1CCCN(CC(=O)NOCc2ccccc2)C1. The first-order chi connectivity index (χ1) is 9.24. The molecule has 1 aliphatic heterocycles. The molecule has 1 saturated heterocycles. The van der Waals surface area contributed by atoms with Crippen molar-refractivity contribution in [1.82, 2.24) is 10.4 Å². The van der Waals surface area contributed by atoms with E-state index in [1.54, 1.807) is 0 Å². The van der Waals surface area contributed by atoms with Crippen LogP contribution < -0.4 is 5.48 Å². The van der Waals surface area contributed by atoms with Crippen molar-refractivity contribution >= 4 is 5.91 Å². The third-order valence-corrected chi connectivity index (χ3v) is 3.38. The lowest BCUT2D eigenvalue weighted by atomic mass is 10.0. The van der Waals surface area contributed by atoms with Crippen molar-refractivity contribution < 1.29 is 9.63 Å². The van der Waals surface area contributed by atoms with Crippen LogP contribution in [0, 0.1) is 5.92 Å². The van der Waals surface area contributed by atoms with Gasteiger partial charge in [0, 0.05) is 6.54 Å². The average molecular weight is 262 g/mol. The molecule has 1 aromatic rings. The highest BCUT2D eigenvalue weighted by Gasteiger charge is 2.18. The number of amides is 1. The largest absolute Gasteiger partial charge is 0.294 e. The van der Waals surface area contributed by atoms with E-state index in [1.807, 2.05) is 30.3 Å². The summed E-state index contributed by atoms with van der Waals surface area (Å²) in [5, 5.41) is 0. The second-order valence-corrected chi connectivity index (χ2v) is 5.28. The van der Waals surface area contributed by atoms with E-state index in [0.717, 1.165) is 18.7 Å². The van der Waals surface area contributed by atoms with Gasteiger partial charge in [0.1, 0.15) is 0 Å². The standard InChI is InChI=1S/C15H22N2O2/c1-13-6-5-9-17(10-13)11-15(18)16-19-12-14-7-3-2-4-8-14/h2-4,7-8,13H,5-6,9-12H2,1H3,(H,16,18)/t13-/m1/s1. The maximum atomic E-state index is 11.7. The van der Waals surface area contributed by atoms with E-state index in [4.69, 9.17) is 4.84 Å². The molecule has 1 N–H and O–H groups in total. The average Bonchev–Trinajstić information content (AvgIpc) is 2.40. The van der Waals surface area contributed by atoms with Gasteiger partial charge in [-0.1, -0.05) is 37.3 Å². The molecule has 0 radical (unpaired) electrons. The van der Waals surface area contributed by atoms with Crippen molar-refractivity contribution in [3.63, 3.8) is 0 Å². The van der Waals surface area contributed by atoms with Crippen LogP contribution in [0.15, 0.2) is 30.3 Å². The second kappa shape index (κ2) is 7.26. The molecular weight excluding hydrogens is 240 g/mol. The van der Waals surface area contributed by atoms with Gasteiger partial charge in [-0.05, 0) is 30.9 Å². The predicted octanol–water partition coefficient (Wildman–Crippen LogP) is 1.97. The second-order valence-electron chi connectivity index (χ2n) is 5.28. The van der Waals surface area contributed by atoms with Crippen molar-refractivity contribution in [3.8, 4) is 0 Å². The number of carbonyl (C=O) groups excluding carboxylic acids is 1. The molecule has 104 valence electrons. The van der Waals surface area contributed by atoms with E-state index in [0.29, 0.717) is 19.1 Å². The minimum absolute atomic E-state index is 0.0648. The Balaban J connectivity index is 1.64. The van der Waals surface area contributed by atoms with Crippen LogP contribution in [0.1, 0.15) is 25.3 Å². The Hall–Kier alpha value is -1.39. The van der Waals surface area contributed by atoms with E-state index >= 15 is 0 Å². The van der Waals surface area contributed by atoms with Crippen LogP contribution in [-0.4, -0.2) is 30.4 Å². The van der Waals surface area contributed by atoms with Crippen molar-refractivity contribution in [2.24, 2.45) is 5.92 Å². The maximum absolute atomic E-state index is 11.7. The van der Waals surface area contributed by atoms with Crippen LogP contribution in [0.5, 0.6) is 0 Å². The van der Waals surface area contributed by atoms with Gasteiger partial charge in [0.25, 0.3) is 5.91 Å². The Bertz CT molecular complexity index is 394. The van der Waals surface area contributed by atoms with E-state index < -0.39 is 0 Å². The monoisotopic (exact) mass is 262 g/mol. The molecule has 4 nitrogen and oxygen atoms in total. The molecule has 0 aliphatic carbocycles. The predicted molar refractivity (Wildman–Crippen MR) is 74.2 cm³/mol. The van der Waals surface area contributed by atoms with Crippen LogP contribution in [0.25, 0.3) is 0 Å². The molecule has 1 amide bonds. The minimum atomic E-state index is -0.0648. The molecule has 4 heteroatoms. The number of carbonyl (C=O) groups is 1. The van der Waals surface area contributed by atoms with Gasteiger partial charge in [0.15, 0.2) is 0 Å². The van der Waals surface area contributed by atoms with Gasteiger partial charge < -0.3 is 0 Å². The molecule has 1 aliphatic rings. The highest BCUT2D eigenvalue weighted by Crippen LogP contribution is 2.14. The number of nitrogens with zero attached hydrogens (tertiary/aromatic N) is 1. The molecule has 2 rings (SSSR count). The smallest absolute Gasteiger partial charge is 0.257 e. The van der Waals surface area contributed by atoms with Gasteiger partial charge in [-0.2, -0.15) is 0 Å². The molecule has 1 atom stereocenters. The van der Waals surface area contributed by atoms with Gasteiger partial charge in [0.05, 0.1) is 13.2 Å². The van der Waals surface area contributed by atoms with Crippen LogP contribution in [0.2, 0.25) is 0 Å². The number of nitrogens with one attached hydrogen (secondary N) is 1. The molecule has 1 fully saturated rings. The Morgan fingerprint density at radius 3 is 2.95 bits per heavy atom. The summed E-state index contributed by atoms with van der Waals surface area (Å²) in [5.74, 6) is 0.622. The van der Waals surface area contributed by atoms with E-state index in [2.05, 4.69) is 17.3 Å². The van der Waals surface area contributed by atoms with Crippen molar-refractivity contribution in [3.05, 3.63) is 35.9 Å². The highest BCUT2D eigenvalue weighted by molar-refractivity contribution is 5.76. The number of rotatable bonds is 5. The van der Waals surface area contributed by atoms with Crippen LogP contribution in [0.4, 0.5) is 0 Å². The Labute approximate surface area is 114 Å². The van der Waals surface area contributed by atoms with Crippen LogP contribution >= 0.6 is 0 Å². The zero-order chi connectivity index (χ0) is 13.5. The summed E-state index contributed by atoms with van der Waals surface area (Å²) in [5.41, 5.74) is 3.56. The number of hydrogen-bond acceptors (Lipinski definition) is 3. The maximum Gasteiger partial charge on any atom is 0.257 e. The van der Waals surface area contributed by atoms with Crippen molar-refractivity contribution in [2.45, 2.75) is 26.4 Å². The first-order valence-corrected chi connectivity index (χ1v) is 6.91. The van der Waals surface area contributed by atoms with Gasteiger partial charge in [-0.15, -0.1) is 0 Å². The Morgan fingerprint density at radius 2 is 2.21 bits per heavy atom. The summed E-state index contributed by atoms with van der Waals surface area (Å²) in [6.07, 6.45) is 2.45. The normalized spacial score (nSPS) is 20.2. The lowest BCUT2D eigenvalue weighted by Gasteiger charge is -2.29. The molecule has 0 bridgehead atoms. The fourth-order valence-corrected chi connectivity index (χ4v) is 2.44. The summed E-state index contributed by atoms with van der Waals surface area (Å²) in [7, 11) is 0. The zero-order valence-electron chi connectivity index (χ0n) is 11.5. The van der Waals surface area contributed by atoms with Crippen LogP contribution in [0.3, 0.4) is 0 Å². The Kier molecular flexibility index (Phi) is 5.36. The number of likely N-dealkylation sites (tertiary alicyclic amines) is 1. The molecule has 0 saturated carbocycles. The number of piperidine rings is 1. The van der Waals surface area contributed by atoms with Crippen molar-refractivity contribution in [1.29, 1.82) is 0 Å². The van der Waals surface area contributed by atoms with Gasteiger partial charge >= 0.3 is 0 Å². The van der Waals surface area contributed by atoms with E-state index in [-0.39, 0.29) is 5.91 Å². The summed E-state index contributed by atoms with van der Waals surface area (Å²) in [4.78, 5) is 19.1. The summed E-state index contributed by atoms with van der Waals surface area (Å²) in [6.45, 7) is 5.08. The first kappa shape index (κ1) is 14.0. The highest BCUT2D eigenvalue weighted by atomic mass is 16.6. The zero-order valence-corrected chi connectivity index (χ0v) is 11.5. The summed E-state index contributed by atoms with van der Waals surface area (Å²) < 4.78 is 0. The lowest BCUT2D eigenvalue weighted by molar-refractivity contribution is -0.136. The molecule has 1 heterocycles. The molecule has 0 spiro atoms. The minimum Gasteiger partial charge on any atom is -0.294 e. The van der Waals surface area contributed by atoms with E-state index in [1.165, 1.54) is 12.8 Å². The lowest BCUT2D eigenvalue weighted by Crippen LogP contribution is -2.41. The number of hydroxylamine groups is 1. The Morgan fingerprint density at radius 1 is 1.42 bits per heavy atom. The quantitative estimate of drug-likeness (QED) is 0.825. The number of benzene rings is 1. The number of hydrogen-bond donors (Lipinski definition) is 1. The fraction of sp³-hybridized carbons (Fsp3) is 0.533. The first-order valence-electron chi connectivity index (χ1n) is 6.91. The van der Waals surface area contributed by atoms with Gasteiger partial charge in [-0.25, -0.2) is 5.48 Å². The topological polar surface area (TPSA) is 41.6 Å². The third-order valence-electron chi connectivity index (χ3n) is 3.38. The van der Waals surface area contributed by atoms with Crippen LogP contribution in [-0.2, 0) is 16.2 Å². The fourth-order valence-electron chi connectivity index (χ4n) is 2.44. The molecule has 19 heavy (non-hydrogen) atoms. The molecule has 1 aromatic carbocycles. The molecule has 0 unspecified atom stereocenters. The van der Waals surface area contributed by atoms with E-state index in [9.17, 15) is 4.79 Å². The van der Waals surface area contributed by atoms with Gasteiger partial charge in [0.2, 0.25) is 0 Å².